The van der Waals surface area contributed by atoms with Crippen LogP contribution in [-0.4, -0.2) is 59.4 Å². The molecule has 8 heteroatoms. The molecule has 200 valence electrons. The summed E-state index contributed by atoms with van der Waals surface area (Å²) in [6, 6.07) is 8.35. The van der Waals surface area contributed by atoms with Gasteiger partial charge in [-0.2, -0.15) is 0 Å². The SMILES string of the molecule is C[C@@H]1CCc2ccc(CCCCO[C@@H]3CCN([C@@H](C(=O)O)c4cc(F)ccc4[C@@H]4CCCO4)C3)nc2N1. The highest BCUT2D eigenvalue weighted by Crippen LogP contribution is 2.37. The maximum absolute atomic E-state index is 14.2. The van der Waals surface area contributed by atoms with E-state index in [1.165, 1.54) is 17.7 Å². The number of carboxylic acids is 1. The molecule has 37 heavy (non-hydrogen) atoms. The summed E-state index contributed by atoms with van der Waals surface area (Å²) in [5.74, 6) is -0.354. The zero-order valence-electron chi connectivity index (χ0n) is 21.6. The van der Waals surface area contributed by atoms with Gasteiger partial charge in [0.1, 0.15) is 17.7 Å². The number of aliphatic carboxylic acids is 1. The molecule has 0 bridgehead atoms. The van der Waals surface area contributed by atoms with E-state index in [0.717, 1.165) is 68.4 Å². The monoisotopic (exact) mass is 511 g/mol. The van der Waals surface area contributed by atoms with Crippen molar-refractivity contribution in [2.45, 2.75) is 82.6 Å². The smallest absolute Gasteiger partial charge is 0.325 e. The molecule has 4 atom stereocenters. The lowest BCUT2D eigenvalue weighted by Gasteiger charge is -2.28. The number of halogens is 1. The molecule has 0 unspecified atom stereocenters. The fourth-order valence-corrected chi connectivity index (χ4v) is 5.84. The predicted octanol–water partition coefficient (Wildman–Crippen LogP) is 5.06. The first-order valence-electron chi connectivity index (χ1n) is 13.7. The summed E-state index contributed by atoms with van der Waals surface area (Å²) in [6.07, 6.45) is 7.39. The fraction of sp³-hybridized carbons (Fsp3) is 0.586. The van der Waals surface area contributed by atoms with Gasteiger partial charge in [0.15, 0.2) is 0 Å². The molecule has 0 aliphatic carbocycles. The minimum absolute atomic E-state index is 0.0193. The van der Waals surface area contributed by atoms with Crippen LogP contribution in [0.2, 0.25) is 0 Å². The van der Waals surface area contributed by atoms with E-state index in [0.29, 0.717) is 37.9 Å². The normalized spacial score (nSPS) is 24.5. The van der Waals surface area contributed by atoms with Crippen LogP contribution in [0.25, 0.3) is 0 Å². The number of fused-ring (bicyclic) bond motifs is 1. The first-order chi connectivity index (χ1) is 18.0. The molecular formula is C29H38FN3O4. The zero-order valence-corrected chi connectivity index (χ0v) is 21.6. The van der Waals surface area contributed by atoms with Gasteiger partial charge in [0.05, 0.1) is 12.2 Å². The van der Waals surface area contributed by atoms with Crippen molar-refractivity contribution in [3.05, 3.63) is 58.5 Å². The topological polar surface area (TPSA) is 83.9 Å². The van der Waals surface area contributed by atoms with Crippen LogP contribution < -0.4 is 5.32 Å². The number of carbonyl (C=O) groups is 1. The number of unbranched alkanes of at least 4 members (excludes halogenated alkanes) is 1. The van der Waals surface area contributed by atoms with Crippen molar-refractivity contribution in [2.24, 2.45) is 0 Å². The minimum Gasteiger partial charge on any atom is -0.480 e. The lowest BCUT2D eigenvalue weighted by molar-refractivity contribution is -0.143. The summed E-state index contributed by atoms with van der Waals surface area (Å²) >= 11 is 0. The van der Waals surface area contributed by atoms with Crippen LogP contribution in [0, 0.1) is 5.82 Å². The molecule has 7 nitrogen and oxygen atoms in total. The summed E-state index contributed by atoms with van der Waals surface area (Å²) in [4.78, 5) is 19.1. The van der Waals surface area contributed by atoms with Gasteiger partial charge in [-0.05, 0) is 93.2 Å². The number of hydrogen-bond acceptors (Lipinski definition) is 6. The first-order valence-corrected chi connectivity index (χ1v) is 13.7. The Kier molecular flexibility index (Phi) is 8.37. The maximum atomic E-state index is 14.2. The van der Waals surface area contributed by atoms with Crippen molar-refractivity contribution in [3.8, 4) is 0 Å². The number of aryl methyl sites for hydroxylation is 2. The molecule has 2 saturated heterocycles. The number of rotatable bonds is 10. The number of hydrogen-bond donors (Lipinski definition) is 2. The summed E-state index contributed by atoms with van der Waals surface area (Å²) in [5.41, 5.74) is 3.70. The van der Waals surface area contributed by atoms with Gasteiger partial charge in [-0.25, -0.2) is 9.37 Å². The number of nitrogens with one attached hydrogen (secondary N) is 1. The van der Waals surface area contributed by atoms with Crippen molar-refractivity contribution >= 4 is 11.8 Å². The fourth-order valence-electron chi connectivity index (χ4n) is 5.84. The van der Waals surface area contributed by atoms with Gasteiger partial charge in [0.25, 0.3) is 0 Å². The number of carboxylic acid groups (broad SMARTS) is 1. The van der Waals surface area contributed by atoms with Crippen molar-refractivity contribution in [2.75, 3.05) is 31.6 Å². The van der Waals surface area contributed by atoms with E-state index in [4.69, 9.17) is 14.5 Å². The quantitative estimate of drug-likeness (QED) is 0.432. The Morgan fingerprint density at radius 1 is 1.27 bits per heavy atom. The van der Waals surface area contributed by atoms with E-state index >= 15 is 0 Å². The van der Waals surface area contributed by atoms with Gasteiger partial charge < -0.3 is 19.9 Å². The molecule has 0 saturated carbocycles. The number of nitrogens with zero attached hydrogens (tertiary/aromatic N) is 2. The molecule has 1 aromatic heterocycles. The Labute approximate surface area is 218 Å². The van der Waals surface area contributed by atoms with E-state index in [1.807, 2.05) is 4.90 Å². The molecule has 0 amide bonds. The highest BCUT2D eigenvalue weighted by molar-refractivity contribution is 5.76. The van der Waals surface area contributed by atoms with E-state index < -0.39 is 17.8 Å². The Bertz CT molecular complexity index is 1090. The molecule has 3 aliphatic heterocycles. The first kappa shape index (κ1) is 26.1. The third-order valence-electron chi connectivity index (χ3n) is 7.84. The van der Waals surface area contributed by atoms with Crippen LogP contribution in [0.3, 0.4) is 0 Å². The average Bonchev–Trinajstić information content (AvgIpc) is 3.57. The highest BCUT2D eigenvalue weighted by atomic mass is 19.1. The van der Waals surface area contributed by atoms with Gasteiger partial charge in [-0.15, -0.1) is 0 Å². The number of benzene rings is 1. The summed E-state index contributed by atoms with van der Waals surface area (Å²) in [7, 11) is 0. The highest BCUT2D eigenvalue weighted by Gasteiger charge is 2.37. The third-order valence-corrected chi connectivity index (χ3v) is 7.84. The molecular weight excluding hydrogens is 473 g/mol. The van der Waals surface area contributed by atoms with E-state index in [-0.39, 0.29) is 12.2 Å². The standard InChI is InChI=1S/C29H38FN3O4/c1-19-7-8-20-9-11-22(32-28(20)31-19)5-2-3-15-36-23-13-14-33(18-23)27(29(34)35)25-17-21(30)10-12-24(25)26-6-4-16-37-26/h9-12,17,19,23,26-27H,2-8,13-16,18H2,1H3,(H,31,32)(H,34,35)/t19-,23-,26+,27-/m1/s1. The number of anilines is 1. The van der Waals surface area contributed by atoms with Gasteiger partial charge in [0.2, 0.25) is 0 Å². The molecule has 2 fully saturated rings. The Morgan fingerprint density at radius 2 is 2.16 bits per heavy atom. The second kappa shape index (κ2) is 11.9. The zero-order chi connectivity index (χ0) is 25.8. The third kappa shape index (κ3) is 6.30. The second-order valence-corrected chi connectivity index (χ2v) is 10.6. The summed E-state index contributed by atoms with van der Waals surface area (Å²) in [5, 5.41) is 13.6. The molecule has 4 heterocycles. The number of pyridine rings is 1. The lowest BCUT2D eigenvalue weighted by atomic mass is 9.94. The second-order valence-electron chi connectivity index (χ2n) is 10.6. The number of likely N-dealkylation sites (tertiary alicyclic amines) is 1. The Hall–Kier alpha value is -2.55. The molecule has 0 spiro atoms. The van der Waals surface area contributed by atoms with Crippen LogP contribution in [0.4, 0.5) is 10.2 Å². The lowest BCUT2D eigenvalue weighted by Crippen LogP contribution is -2.34. The molecule has 2 aromatic rings. The van der Waals surface area contributed by atoms with E-state index in [2.05, 4.69) is 24.4 Å². The van der Waals surface area contributed by atoms with Crippen LogP contribution in [0.15, 0.2) is 30.3 Å². The van der Waals surface area contributed by atoms with Crippen molar-refractivity contribution in [1.29, 1.82) is 0 Å². The summed E-state index contributed by atoms with van der Waals surface area (Å²) in [6.45, 7) is 4.61. The predicted molar refractivity (Wildman–Crippen MR) is 139 cm³/mol. The molecule has 0 radical (unpaired) electrons. The van der Waals surface area contributed by atoms with Crippen LogP contribution in [-0.2, 0) is 27.1 Å². The molecule has 2 N–H and O–H groups in total. The number of aromatic nitrogens is 1. The van der Waals surface area contributed by atoms with Crippen LogP contribution in [0.1, 0.15) is 80.0 Å². The van der Waals surface area contributed by atoms with E-state index in [9.17, 15) is 14.3 Å². The Morgan fingerprint density at radius 3 is 2.97 bits per heavy atom. The van der Waals surface area contributed by atoms with E-state index in [1.54, 1.807) is 6.07 Å². The molecule has 3 aliphatic rings. The van der Waals surface area contributed by atoms with Crippen LogP contribution >= 0.6 is 0 Å². The number of ether oxygens (including phenoxy) is 2. The van der Waals surface area contributed by atoms with Crippen molar-refractivity contribution in [3.63, 3.8) is 0 Å². The van der Waals surface area contributed by atoms with Gasteiger partial charge in [0, 0.05) is 38.0 Å². The molecule has 1 aromatic carbocycles. The van der Waals surface area contributed by atoms with Crippen molar-refractivity contribution < 1.29 is 23.8 Å². The van der Waals surface area contributed by atoms with Gasteiger partial charge >= 0.3 is 5.97 Å². The summed E-state index contributed by atoms with van der Waals surface area (Å²) < 4.78 is 26.1. The average molecular weight is 512 g/mol. The minimum atomic E-state index is -0.966. The van der Waals surface area contributed by atoms with Gasteiger partial charge in [-0.3, -0.25) is 9.69 Å². The largest absolute Gasteiger partial charge is 0.480 e. The maximum Gasteiger partial charge on any atom is 0.325 e. The molecule has 5 rings (SSSR count). The van der Waals surface area contributed by atoms with Crippen molar-refractivity contribution in [1.82, 2.24) is 9.88 Å². The van der Waals surface area contributed by atoms with Gasteiger partial charge in [-0.1, -0.05) is 12.1 Å². The van der Waals surface area contributed by atoms with Crippen LogP contribution in [0.5, 0.6) is 0 Å². The Balaban J connectivity index is 1.12.